The Morgan fingerprint density at radius 2 is 1.72 bits per heavy atom. The van der Waals surface area contributed by atoms with Crippen LogP contribution in [0.2, 0.25) is 0 Å². The minimum atomic E-state index is -4.20. The van der Waals surface area contributed by atoms with Crippen LogP contribution in [-0.2, 0) is 19.5 Å². The van der Waals surface area contributed by atoms with Crippen LogP contribution in [-0.4, -0.2) is 43.4 Å². The number of rotatable bonds is 6. The van der Waals surface area contributed by atoms with Gasteiger partial charge in [-0.15, -0.1) is 0 Å². The predicted octanol–water partition coefficient (Wildman–Crippen LogP) is 3.56. The summed E-state index contributed by atoms with van der Waals surface area (Å²) in [6.07, 6.45) is -2.77. The van der Waals surface area contributed by atoms with E-state index >= 15 is 0 Å². The molecular weight excluding hydrogens is 401 g/mol. The molecule has 1 unspecified atom stereocenters. The van der Waals surface area contributed by atoms with Crippen LogP contribution in [0.1, 0.15) is 20.8 Å². The molecule has 0 radical (unpaired) electrons. The summed E-state index contributed by atoms with van der Waals surface area (Å²) in [7, 11) is -4.20. The molecule has 7 nitrogen and oxygen atoms in total. The Balaban J connectivity index is 1.77. The van der Waals surface area contributed by atoms with Gasteiger partial charge < -0.3 is 14.2 Å². The Morgan fingerprint density at radius 3 is 2.31 bits per heavy atom. The molecular formula is C20H22FNO6S. The molecule has 0 aliphatic carbocycles. The Kier molecular flexibility index (Phi) is 5.81. The molecule has 0 N–H and O–H groups in total. The zero-order valence-corrected chi connectivity index (χ0v) is 17.1. The highest BCUT2D eigenvalue weighted by Crippen LogP contribution is 2.33. The smallest absolute Gasteiger partial charge is 0.426 e. The molecule has 1 aliphatic rings. The number of sulfonamides is 1. The van der Waals surface area contributed by atoms with E-state index < -0.39 is 39.9 Å². The molecule has 1 fully saturated rings. The first-order valence-electron chi connectivity index (χ1n) is 8.94. The van der Waals surface area contributed by atoms with Crippen LogP contribution in [0, 0.1) is 5.82 Å². The fourth-order valence-electron chi connectivity index (χ4n) is 2.52. The van der Waals surface area contributed by atoms with Crippen molar-refractivity contribution in [3.05, 3.63) is 60.4 Å². The van der Waals surface area contributed by atoms with Gasteiger partial charge in [0.15, 0.2) is 6.23 Å². The maximum Gasteiger partial charge on any atom is 0.426 e. The van der Waals surface area contributed by atoms with Gasteiger partial charge in [-0.05, 0) is 57.2 Å². The van der Waals surface area contributed by atoms with Crippen molar-refractivity contribution >= 4 is 16.1 Å². The van der Waals surface area contributed by atoms with Crippen LogP contribution in [0.15, 0.2) is 59.5 Å². The molecule has 29 heavy (non-hydrogen) atoms. The van der Waals surface area contributed by atoms with Crippen LogP contribution >= 0.6 is 0 Å². The molecule has 1 aliphatic heterocycles. The summed E-state index contributed by atoms with van der Waals surface area (Å²) >= 11 is 0. The molecule has 9 heteroatoms. The highest BCUT2D eigenvalue weighted by Gasteiger charge is 2.53. The lowest BCUT2D eigenvalue weighted by molar-refractivity contribution is 0.0336. The standard InChI is InChI=1S/C20H22FNO6S/c1-20(2,3)28-19(23)22(29(24,25)16-7-5-4-6-8-16)18-17(27-18)13-26-15-11-9-14(21)10-12-15/h4-12,17-18H,13H2,1-3H3/t17?,18-/m0/s1. The van der Waals surface area contributed by atoms with E-state index in [0.29, 0.717) is 10.1 Å². The quantitative estimate of drug-likeness (QED) is 0.661. The van der Waals surface area contributed by atoms with E-state index in [2.05, 4.69) is 0 Å². The van der Waals surface area contributed by atoms with E-state index in [9.17, 15) is 17.6 Å². The van der Waals surface area contributed by atoms with E-state index in [-0.39, 0.29) is 11.5 Å². The molecule has 0 bridgehead atoms. The largest absolute Gasteiger partial charge is 0.491 e. The van der Waals surface area contributed by atoms with Gasteiger partial charge >= 0.3 is 6.09 Å². The minimum absolute atomic E-state index is 0.0140. The number of ether oxygens (including phenoxy) is 3. The first-order valence-corrected chi connectivity index (χ1v) is 10.4. The van der Waals surface area contributed by atoms with Crippen LogP contribution in [0.25, 0.3) is 0 Å². The number of carbonyl (C=O) groups excluding carboxylic acids is 1. The highest BCUT2D eigenvalue weighted by molar-refractivity contribution is 7.89. The van der Waals surface area contributed by atoms with Crippen LogP contribution in [0.5, 0.6) is 5.75 Å². The molecule has 0 aromatic heterocycles. The van der Waals surface area contributed by atoms with Crippen molar-refractivity contribution in [1.29, 1.82) is 0 Å². The van der Waals surface area contributed by atoms with Gasteiger partial charge in [0.05, 0.1) is 4.90 Å². The molecule has 0 saturated carbocycles. The first-order chi connectivity index (χ1) is 13.6. The summed E-state index contributed by atoms with van der Waals surface area (Å²) in [5.41, 5.74) is -0.892. The third kappa shape index (κ3) is 5.24. The van der Waals surface area contributed by atoms with Crippen molar-refractivity contribution in [3.63, 3.8) is 0 Å². The maximum absolute atomic E-state index is 13.1. The predicted molar refractivity (Wildman–Crippen MR) is 102 cm³/mol. The lowest BCUT2D eigenvalue weighted by Gasteiger charge is -2.26. The Hall–Kier alpha value is -2.65. The topological polar surface area (TPSA) is 85.4 Å². The summed E-state index contributed by atoms with van der Waals surface area (Å²) in [6, 6.07) is 12.9. The van der Waals surface area contributed by atoms with Crippen molar-refractivity contribution < 1.29 is 31.8 Å². The van der Waals surface area contributed by atoms with Gasteiger partial charge in [-0.3, -0.25) is 0 Å². The summed E-state index contributed by atoms with van der Waals surface area (Å²) in [6.45, 7) is 4.91. The number of hydrogen-bond acceptors (Lipinski definition) is 6. The van der Waals surface area contributed by atoms with Crippen LogP contribution < -0.4 is 4.74 Å². The third-order valence-corrected chi connectivity index (χ3v) is 5.63. The van der Waals surface area contributed by atoms with Crippen LogP contribution in [0.4, 0.5) is 9.18 Å². The number of carbonyl (C=O) groups is 1. The second-order valence-electron chi connectivity index (χ2n) is 7.42. The maximum atomic E-state index is 13.1. The molecule has 1 amide bonds. The summed E-state index contributed by atoms with van der Waals surface area (Å²) in [5.74, 6) is -0.00154. The Labute approximate surface area is 169 Å². The number of halogens is 1. The zero-order valence-electron chi connectivity index (χ0n) is 16.2. The number of epoxide rings is 1. The van der Waals surface area contributed by atoms with Gasteiger partial charge in [0.25, 0.3) is 10.0 Å². The second-order valence-corrected chi connectivity index (χ2v) is 9.24. The summed E-state index contributed by atoms with van der Waals surface area (Å²) in [5, 5.41) is 0. The van der Waals surface area contributed by atoms with Gasteiger partial charge in [-0.25, -0.2) is 17.6 Å². The molecule has 3 rings (SSSR count). The highest BCUT2D eigenvalue weighted by atomic mass is 32.2. The number of benzene rings is 2. The SMILES string of the molecule is CC(C)(C)OC(=O)N([C@H]1OC1COc1ccc(F)cc1)S(=O)(=O)c1ccccc1. The van der Waals surface area contributed by atoms with Gasteiger partial charge in [-0.1, -0.05) is 18.2 Å². The minimum Gasteiger partial charge on any atom is -0.491 e. The number of amides is 1. The second kappa shape index (κ2) is 8.00. The third-order valence-electron chi connectivity index (χ3n) is 3.89. The van der Waals surface area contributed by atoms with E-state index in [1.165, 1.54) is 36.4 Å². The average molecular weight is 423 g/mol. The van der Waals surface area contributed by atoms with Crippen molar-refractivity contribution in [2.45, 2.75) is 43.6 Å². The van der Waals surface area contributed by atoms with Crippen molar-refractivity contribution in [1.82, 2.24) is 4.31 Å². The van der Waals surface area contributed by atoms with Crippen molar-refractivity contribution in [3.8, 4) is 5.75 Å². The summed E-state index contributed by atoms with van der Waals surface area (Å²) < 4.78 is 55.9. The fourth-order valence-corrected chi connectivity index (χ4v) is 3.94. The molecule has 1 heterocycles. The molecule has 156 valence electrons. The Bertz CT molecular complexity index is 957. The monoisotopic (exact) mass is 423 g/mol. The zero-order chi connectivity index (χ0) is 21.2. The fraction of sp³-hybridized carbons (Fsp3) is 0.350. The average Bonchev–Trinajstić information content (AvgIpc) is 3.39. The lowest BCUT2D eigenvalue weighted by Crippen LogP contribution is -2.43. The van der Waals surface area contributed by atoms with Gasteiger partial charge in [-0.2, -0.15) is 4.31 Å². The molecule has 1 saturated heterocycles. The summed E-state index contributed by atoms with van der Waals surface area (Å²) in [4.78, 5) is 12.6. The van der Waals surface area contributed by atoms with Crippen molar-refractivity contribution in [2.24, 2.45) is 0 Å². The van der Waals surface area contributed by atoms with Gasteiger partial charge in [0.2, 0.25) is 0 Å². The van der Waals surface area contributed by atoms with E-state index in [1.54, 1.807) is 39.0 Å². The van der Waals surface area contributed by atoms with Gasteiger partial charge in [0.1, 0.15) is 29.9 Å². The molecule has 2 aromatic carbocycles. The molecule has 0 spiro atoms. The van der Waals surface area contributed by atoms with E-state index in [0.717, 1.165) is 0 Å². The normalized spacial score (nSPS) is 18.8. The number of nitrogens with zero attached hydrogens (tertiary/aromatic N) is 1. The lowest BCUT2D eigenvalue weighted by atomic mass is 10.2. The first kappa shape index (κ1) is 21.1. The van der Waals surface area contributed by atoms with Gasteiger partial charge in [0, 0.05) is 0 Å². The van der Waals surface area contributed by atoms with E-state index in [1.807, 2.05) is 0 Å². The number of hydrogen-bond donors (Lipinski definition) is 0. The Morgan fingerprint density at radius 1 is 1.10 bits per heavy atom. The van der Waals surface area contributed by atoms with E-state index in [4.69, 9.17) is 14.2 Å². The molecule has 2 aromatic rings. The van der Waals surface area contributed by atoms with Crippen molar-refractivity contribution in [2.75, 3.05) is 6.61 Å². The molecule has 2 atom stereocenters. The van der Waals surface area contributed by atoms with Crippen LogP contribution in [0.3, 0.4) is 0 Å².